The number of anilines is 1. The van der Waals surface area contributed by atoms with Crippen molar-refractivity contribution in [3.63, 3.8) is 0 Å². The second-order valence-electron chi connectivity index (χ2n) is 4.95. The van der Waals surface area contributed by atoms with Crippen LogP contribution in [-0.4, -0.2) is 16.9 Å². The maximum Gasteiger partial charge on any atom is 0.215 e. The van der Waals surface area contributed by atoms with Crippen LogP contribution in [0, 0.1) is 0 Å². The van der Waals surface area contributed by atoms with Crippen LogP contribution in [0.4, 0.5) is 5.69 Å². The van der Waals surface area contributed by atoms with Gasteiger partial charge in [-0.25, -0.2) is 10.4 Å². The topological polar surface area (TPSA) is 52.6 Å². The molecule has 0 spiro atoms. The van der Waals surface area contributed by atoms with Gasteiger partial charge in [-0.15, -0.1) is 0 Å². The van der Waals surface area contributed by atoms with E-state index in [1.807, 2.05) is 55.5 Å². The third-order valence-electron chi connectivity index (χ3n) is 3.50. The molecule has 2 aromatic carbocycles. The van der Waals surface area contributed by atoms with Crippen molar-refractivity contribution in [3.8, 4) is 0 Å². The number of Topliss-reactive ketones (excluding diaryl/α,β-unsaturated/α-hetero) is 1. The molecule has 1 aliphatic heterocycles. The Balaban J connectivity index is 1.98. The number of benzene rings is 2. The summed E-state index contributed by atoms with van der Waals surface area (Å²) in [5.74, 6) is -0.200. The van der Waals surface area contributed by atoms with Gasteiger partial charge in [-0.05, 0) is 19.1 Å². The molecule has 0 amide bonds. The summed E-state index contributed by atoms with van der Waals surface area (Å²) in [5.41, 5.74) is 4.85. The van der Waals surface area contributed by atoms with Gasteiger partial charge in [0.1, 0.15) is 0 Å². The number of carbonyl (C=O) groups is 1. The van der Waals surface area contributed by atoms with Gasteiger partial charge in [0.2, 0.25) is 5.88 Å². The number of ketones is 1. The van der Waals surface area contributed by atoms with Crippen LogP contribution in [0.15, 0.2) is 72.1 Å². The molecule has 2 N–H and O–H groups in total. The normalized spacial score (nSPS) is 18.1. The molecule has 0 aliphatic carbocycles. The van der Waals surface area contributed by atoms with E-state index < -0.39 is 0 Å². The molecule has 0 radical (unpaired) electrons. The molecule has 4 nitrogen and oxygen atoms in total. The van der Waals surface area contributed by atoms with Gasteiger partial charge in [0.15, 0.2) is 5.78 Å². The lowest BCUT2D eigenvalue weighted by Gasteiger charge is -2.19. The first-order chi connectivity index (χ1) is 10.2. The average Bonchev–Trinajstić information content (AvgIpc) is 2.83. The van der Waals surface area contributed by atoms with E-state index in [-0.39, 0.29) is 17.7 Å². The van der Waals surface area contributed by atoms with Gasteiger partial charge in [0, 0.05) is 5.56 Å². The summed E-state index contributed by atoms with van der Waals surface area (Å²) in [6, 6.07) is 18.1. The molecule has 1 unspecified atom stereocenters. The number of hydrazine groups is 1. The van der Waals surface area contributed by atoms with Crippen molar-refractivity contribution < 1.29 is 9.90 Å². The Kier molecular flexibility index (Phi) is 3.46. The number of nitrogens with one attached hydrogen (secondary N) is 1. The van der Waals surface area contributed by atoms with Gasteiger partial charge in [-0.2, -0.15) is 0 Å². The van der Waals surface area contributed by atoms with Crippen molar-refractivity contribution in [1.29, 1.82) is 0 Å². The summed E-state index contributed by atoms with van der Waals surface area (Å²) in [6.45, 7) is 1.86. The zero-order chi connectivity index (χ0) is 14.8. The predicted molar refractivity (Wildman–Crippen MR) is 81.9 cm³/mol. The third-order valence-corrected chi connectivity index (χ3v) is 3.50. The summed E-state index contributed by atoms with van der Waals surface area (Å²) in [4.78, 5) is 12.6. The predicted octanol–water partition coefficient (Wildman–Crippen LogP) is 3.05. The molecule has 106 valence electrons. The first-order valence-electron chi connectivity index (χ1n) is 6.82. The Morgan fingerprint density at radius 1 is 1.05 bits per heavy atom. The number of para-hydroxylation sites is 1. The number of nitrogens with zero attached hydrogens (tertiary/aromatic N) is 1. The van der Waals surface area contributed by atoms with Gasteiger partial charge in [-0.3, -0.25) is 4.79 Å². The Hall–Kier alpha value is -2.59. The summed E-state index contributed by atoms with van der Waals surface area (Å²) in [5, 5.41) is 12.0. The van der Waals surface area contributed by atoms with E-state index >= 15 is 0 Å². The van der Waals surface area contributed by atoms with Crippen molar-refractivity contribution in [2.45, 2.75) is 13.0 Å². The fraction of sp³-hybridized carbons (Fsp3) is 0.118. The molecule has 3 rings (SSSR count). The lowest BCUT2D eigenvalue weighted by atomic mass is 10.00. The van der Waals surface area contributed by atoms with Crippen LogP contribution >= 0.6 is 0 Å². The van der Waals surface area contributed by atoms with Crippen LogP contribution in [0.25, 0.3) is 0 Å². The highest BCUT2D eigenvalue weighted by Gasteiger charge is 2.33. The second kappa shape index (κ2) is 5.42. The van der Waals surface area contributed by atoms with Gasteiger partial charge in [0.05, 0.1) is 17.3 Å². The Labute approximate surface area is 123 Å². The second-order valence-corrected chi connectivity index (χ2v) is 4.95. The van der Waals surface area contributed by atoms with Gasteiger partial charge in [0.25, 0.3) is 0 Å². The molecular formula is C17H16N2O2. The van der Waals surface area contributed by atoms with E-state index in [9.17, 15) is 9.90 Å². The molecule has 0 saturated carbocycles. The van der Waals surface area contributed by atoms with Crippen molar-refractivity contribution in [2.24, 2.45) is 0 Å². The largest absolute Gasteiger partial charge is 0.493 e. The molecule has 0 bridgehead atoms. The highest BCUT2D eigenvalue weighted by atomic mass is 16.3. The van der Waals surface area contributed by atoms with Crippen LogP contribution in [0.5, 0.6) is 0 Å². The van der Waals surface area contributed by atoms with E-state index in [1.54, 1.807) is 17.1 Å². The Morgan fingerprint density at radius 2 is 1.62 bits per heavy atom. The first kappa shape index (κ1) is 13.4. The van der Waals surface area contributed by atoms with Crippen molar-refractivity contribution in [1.82, 2.24) is 5.43 Å². The standard InChI is InChI=1S/C17H16N2O2/c1-12-15(16(20)13-8-4-2-5-9-13)17(21)19(18-12)14-10-6-3-7-11-14/h2-12,18,21H,1H3. The number of rotatable bonds is 3. The van der Waals surface area contributed by atoms with Crippen molar-refractivity contribution in [3.05, 3.63) is 77.7 Å². The minimum Gasteiger partial charge on any atom is -0.493 e. The summed E-state index contributed by atoms with van der Waals surface area (Å²) in [6.07, 6.45) is 0. The van der Waals surface area contributed by atoms with Crippen LogP contribution in [0.1, 0.15) is 17.3 Å². The van der Waals surface area contributed by atoms with Crippen LogP contribution < -0.4 is 10.4 Å². The van der Waals surface area contributed by atoms with Gasteiger partial charge < -0.3 is 5.11 Å². The number of hydrogen-bond donors (Lipinski definition) is 2. The molecule has 0 aromatic heterocycles. The van der Waals surface area contributed by atoms with Crippen LogP contribution in [0.2, 0.25) is 0 Å². The lowest BCUT2D eigenvalue weighted by Crippen LogP contribution is -2.36. The number of hydrogen-bond acceptors (Lipinski definition) is 4. The average molecular weight is 280 g/mol. The Morgan fingerprint density at radius 3 is 2.24 bits per heavy atom. The molecule has 1 aliphatic rings. The first-order valence-corrected chi connectivity index (χ1v) is 6.82. The van der Waals surface area contributed by atoms with Crippen molar-refractivity contribution >= 4 is 11.5 Å². The number of aliphatic hydroxyl groups is 1. The maximum atomic E-state index is 12.6. The van der Waals surface area contributed by atoms with Crippen LogP contribution in [0.3, 0.4) is 0 Å². The molecule has 1 heterocycles. The highest BCUT2D eigenvalue weighted by molar-refractivity contribution is 6.10. The Bertz CT molecular complexity index is 680. The molecular weight excluding hydrogens is 264 g/mol. The summed E-state index contributed by atoms with van der Waals surface area (Å²) in [7, 11) is 0. The fourth-order valence-electron chi connectivity index (χ4n) is 2.45. The summed E-state index contributed by atoms with van der Waals surface area (Å²) < 4.78 is 0. The van der Waals surface area contributed by atoms with Gasteiger partial charge >= 0.3 is 0 Å². The zero-order valence-corrected chi connectivity index (χ0v) is 11.7. The maximum absolute atomic E-state index is 12.6. The molecule has 1 atom stereocenters. The zero-order valence-electron chi connectivity index (χ0n) is 11.7. The lowest BCUT2D eigenvalue weighted by molar-refractivity contribution is 0.102. The SMILES string of the molecule is CC1NN(c2ccccc2)C(O)=C1C(=O)c1ccccc1. The molecule has 0 saturated heterocycles. The minimum absolute atomic E-state index is 0.0393. The molecule has 0 fully saturated rings. The minimum atomic E-state index is -0.252. The third kappa shape index (κ3) is 2.41. The van der Waals surface area contributed by atoms with E-state index in [0.717, 1.165) is 5.69 Å². The van der Waals surface area contributed by atoms with E-state index in [4.69, 9.17) is 0 Å². The number of carbonyl (C=O) groups excluding carboxylic acids is 1. The van der Waals surface area contributed by atoms with Gasteiger partial charge in [-0.1, -0.05) is 48.5 Å². The van der Waals surface area contributed by atoms with E-state index in [2.05, 4.69) is 5.43 Å². The fourth-order valence-corrected chi connectivity index (χ4v) is 2.45. The van der Waals surface area contributed by atoms with Crippen LogP contribution in [-0.2, 0) is 0 Å². The molecule has 21 heavy (non-hydrogen) atoms. The van der Waals surface area contributed by atoms with E-state index in [0.29, 0.717) is 11.1 Å². The number of aliphatic hydroxyl groups excluding tert-OH is 1. The molecule has 2 aromatic rings. The van der Waals surface area contributed by atoms with E-state index in [1.165, 1.54) is 0 Å². The van der Waals surface area contributed by atoms with Crippen molar-refractivity contribution in [2.75, 3.05) is 5.01 Å². The molecule has 4 heteroatoms. The summed E-state index contributed by atoms with van der Waals surface area (Å²) >= 11 is 0. The smallest absolute Gasteiger partial charge is 0.215 e. The highest BCUT2D eigenvalue weighted by Crippen LogP contribution is 2.27. The monoisotopic (exact) mass is 280 g/mol. The quantitative estimate of drug-likeness (QED) is 0.848.